The Hall–Kier alpha value is -2.11. The van der Waals surface area contributed by atoms with Crippen LogP contribution in [0.5, 0.6) is 0 Å². The molecule has 1 amide bonds. The first-order valence-electron chi connectivity index (χ1n) is 4.97. The SMILES string of the molecule is CC(C)(C)OC(=O)c1ccnc(NC(=O)O)c1. The number of esters is 1. The van der Waals surface area contributed by atoms with E-state index in [1.165, 1.54) is 18.3 Å². The predicted molar refractivity (Wildman–Crippen MR) is 61.1 cm³/mol. The largest absolute Gasteiger partial charge is 0.465 e. The summed E-state index contributed by atoms with van der Waals surface area (Å²) in [4.78, 5) is 25.8. The Labute approximate surface area is 98.6 Å². The van der Waals surface area contributed by atoms with Crippen LogP contribution in [0.1, 0.15) is 31.1 Å². The fourth-order valence-corrected chi connectivity index (χ4v) is 1.07. The molecular formula is C11H14N2O4. The van der Waals surface area contributed by atoms with Crippen molar-refractivity contribution in [3.63, 3.8) is 0 Å². The van der Waals surface area contributed by atoms with Crippen LogP contribution in [0, 0.1) is 0 Å². The minimum Gasteiger partial charge on any atom is -0.465 e. The molecule has 0 fully saturated rings. The quantitative estimate of drug-likeness (QED) is 0.770. The fraction of sp³-hybridized carbons (Fsp3) is 0.364. The second-order valence-corrected chi connectivity index (χ2v) is 4.36. The molecule has 6 nitrogen and oxygen atoms in total. The van der Waals surface area contributed by atoms with E-state index in [9.17, 15) is 9.59 Å². The number of carboxylic acid groups (broad SMARTS) is 1. The smallest absolute Gasteiger partial charge is 0.410 e. The molecule has 1 aromatic heterocycles. The summed E-state index contributed by atoms with van der Waals surface area (Å²) in [6.45, 7) is 5.26. The number of carbonyl (C=O) groups is 2. The van der Waals surface area contributed by atoms with Gasteiger partial charge < -0.3 is 9.84 Å². The van der Waals surface area contributed by atoms with E-state index < -0.39 is 17.7 Å². The second-order valence-electron chi connectivity index (χ2n) is 4.36. The second kappa shape index (κ2) is 4.82. The molecule has 92 valence electrons. The van der Waals surface area contributed by atoms with Crippen LogP contribution in [0.15, 0.2) is 18.3 Å². The van der Waals surface area contributed by atoms with Gasteiger partial charge in [0.1, 0.15) is 11.4 Å². The summed E-state index contributed by atoms with van der Waals surface area (Å²) in [6.07, 6.45) is 0.101. The van der Waals surface area contributed by atoms with Crippen LogP contribution >= 0.6 is 0 Å². The van der Waals surface area contributed by atoms with E-state index >= 15 is 0 Å². The molecule has 17 heavy (non-hydrogen) atoms. The van der Waals surface area contributed by atoms with E-state index in [1.54, 1.807) is 20.8 Å². The zero-order valence-electron chi connectivity index (χ0n) is 9.85. The van der Waals surface area contributed by atoms with Gasteiger partial charge in [-0.05, 0) is 32.9 Å². The Bertz CT molecular complexity index is 437. The van der Waals surface area contributed by atoms with Crippen molar-refractivity contribution in [3.05, 3.63) is 23.9 Å². The average Bonchev–Trinajstić information content (AvgIpc) is 2.14. The van der Waals surface area contributed by atoms with Gasteiger partial charge in [0.2, 0.25) is 0 Å². The highest BCUT2D eigenvalue weighted by Gasteiger charge is 2.18. The van der Waals surface area contributed by atoms with Gasteiger partial charge in [0.15, 0.2) is 0 Å². The van der Waals surface area contributed by atoms with Crippen LogP contribution in [-0.4, -0.2) is 27.8 Å². The highest BCUT2D eigenvalue weighted by molar-refractivity contribution is 5.91. The average molecular weight is 238 g/mol. The van der Waals surface area contributed by atoms with Crippen molar-refractivity contribution < 1.29 is 19.4 Å². The topological polar surface area (TPSA) is 88.5 Å². The van der Waals surface area contributed by atoms with Crippen molar-refractivity contribution in [2.45, 2.75) is 26.4 Å². The zero-order chi connectivity index (χ0) is 13.1. The minimum absolute atomic E-state index is 0.0841. The van der Waals surface area contributed by atoms with Crippen LogP contribution in [0.2, 0.25) is 0 Å². The summed E-state index contributed by atoms with van der Waals surface area (Å²) < 4.78 is 5.14. The molecule has 0 radical (unpaired) electrons. The third kappa shape index (κ3) is 4.50. The van der Waals surface area contributed by atoms with Crippen LogP contribution < -0.4 is 5.32 Å². The first kappa shape index (κ1) is 13.0. The molecular weight excluding hydrogens is 224 g/mol. The van der Waals surface area contributed by atoms with Crippen LogP contribution in [0.3, 0.4) is 0 Å². The van der Waals surface area contributed by atoms with Gasteiger partial charge in [-0.2, -0.15) is 0 Å². The number of ether oxygens (including phenoxy) is 1. The predicted octanol–water partition coefficient (Wildman–Crippen LogP) is 2.13. The van der Waals surface area contributed by atoms with E-state index in [0.717, 1.165) is 0 Å². The van der Waals surface area contributed by atoms with Crippen molar-refractivity contribution in [1.82, 2.24) is 4.98 Å². The van der Waals surface area contributed by atoms with E-state index in [1.807, 2.05) is 0 Å². The number of aromatic nitrogens is 1. The lowest BCUT2D eigenvalue weighted by Crippen LogP contribution is -2.24. The van der Waals surface area contributed by atoms with Crippen LogP contribution in [-0.2, 0) is 4.74 Å². The lowest BCUT2D eigenvalue weighted by Gasteiger charge is -2.19. The molecule has 0 atom stereocenters. The standard InChI is InChI=1S/C11H14N2O4/c1-11(2,3)17-9(14)7-4-5-12-8(6-7)13-10(15)16/h4-6H,1-3H3,(H,12,13)(H,15,16). The lowest BCUT2D eigenvalue weighted by atomic mass is 10.2. The minimum atomic E-state index is -1.24. The third-order valence-electron chi connectivity index (χ3n) is 1.63. The number of pyridine rings is 1. The number of rotatable bonds is 2. The molecule has 0 saturated carbocycles. The number of carbonyl (C=O) groups excluding carboxylic acids is 1. The van der Waals surface area contributed by atoms with Gasteiger partial charge in [-0.1, -0.05) is 0 Å². The Morgan fingerprint density at radius 3 is 2.59 bits per heavy atom. The molecule has 2 N–H and O–H groups in total. The van der Waals surface area contributed by atoms with E-state index in [0.29, 0.717) is 0 Å². The molecule has 0 unspecified atom stereocenters. The van der Waals surface area contributed by atoms with Crippen LogP contribution in [0.25, 0.3) is 0 Å². The molecule has 6 heteroatoms. The molecule has 1 rings (SSSR count). The van der Waals surface area contributed by atoms with E-state index in [-0.39, 0.29) is 11.4 Å². The van der Waals surface area contributed by atoms with Crippen LogP contribution in [0.4, 0.5) is 10.6 Å². The molecule has 0 aliphatic heterocycles. The molecule has 0 aliphatic carbocycles. The molecule has 0 aromatic carbocycles. The van der Waals surface area contributed by atoms with Gasteiger partial charge in [0.25, 0.3) is 0 Å². The number of amides is 1. The van der Waals surface area contributed by atoms with E-state index in [4.69, 9.17) is 9.84 Å². The molecule has 1 heterocycles. The molecule has 0 saturated heterocycles. The molecule has 0 spiro atoms. The maximum absolute atomic E-state index is 11.7. The van der Waals surface area contributed by atoms with Crippen molar-refractivity contribution in [3.8, 4) is 0 Å². The molecule has 0 aliphatic rings. The Morgan fingerprint density at radius 1 is 1.41 bits per heavy atom. The third-order valence-corrected chi connectivity index (χ3v) is 1.63. The summed E-state index contributed by atoms with van der Waals surface area (Å²) in [5.74, 6) is -0.436. The summed E-state index contributed by atoms with van der Waals surface area (Å²) in [6, 6.07) is 2.78. The lowest BCUT2D eigenvalue weighted by molar-refractivity contribution is 0.00693. The number of hydrogen-bond donors (Lipinski definition) is 2. The van der Waals surface area contributed by atoms with Crippen molar-refractivity contribution in [2.24, 2.45) is 0 Å². The maximum Gasteiger partial charge on any atom is 0.410 e. The summed E-state index contributed by atoms with van der Waals surface area (Å²) in [7, 11) is 0. The Kier molecular flexibility index (Phi) is 3.67. The van der Waals surface area contributed by atoms with Gasteiger partial charge in [0.05, 0.1) is 5.56 Å². The Morgan fingerprint density at radius 2 is 2.06 bits per heavy atom. The highest BCUT2D eigenvalue weighted by atomic mass is 16.6. The normalized spacial score (nSPS) is 10.8. The fourth-order valence-electron chi connectivity index (χ4n) is 1.07. The first-order chi connectivity index (χ1) is 7.78. The van der Waals surface area contributed by atoms with Crippen molar-refractivity contribution in [2.75, 3.05) is 5.32 Å². The first-order valence-corrected chi connectivity index (χ1v) is 4.97. The Balaban J connectivity index is 2.84. The monoisotopic (exact) mass is 238 g/mol. The number of nitrogens with zero attached hydrogens (tertiary/aromatic N) is 1. The zero-order valence-corrected chi connectivity index (χ0v) is 9.85. The molecule has 0 bridgehead atoms. The van der Waals surface area contributed by atoms with Gasteiger partial charge >= 0.3 is 12.1 Å². The highest BCUT2D eigenvalue weighted by Crippen LogP contribution is 2.13. The molecule has 1 aromatic rings. The van der Waals surface area contributed by atoms with Gasteiger partial charge in [-0.25, -0.2) is 14.6 Å². The number of anilines is 1. The van der Waals surface area contributed by atoms with Gasteiger partial charge in [-0.3, -0.25) is 5.32 Å². The summed E-state index contributed by atoms with van der Waals surface area (Å²) in [5.41, 5.74) is -0.348. The van der Waals surface area contributed by atoms with Gasteiger partial charge in [0, 0.05) is 6.20 Å². The van der Waals surface area contributed by atoms with Crippen molar-refractivity contribution >= 4 is 17.9 Å². The maximum atomic E-state index is 11.7. The number of nitrogens with one attached hydrogen (secondary N) is 1. The number of hydrogen-bond acceptors (Lipinski definition) is 4. The van der Waals surface area contributed by atoms with Crippen molar-refractivity contribution in [1.29, 1.82) is 0 Å². The summed E-state index contributed by atoms with van der Waals surface area (Å²) >= 11 is 0. The van der Waals surface area contributed by atoms with E-state index in [2.05, 4.69) is 10.3 Å². The van der Waals surface area contributed by atoms with Gasteiger partial charge in [-0.15, -0.1) is 0 Å². The summed E-state index contributed by atoms with van der Waals surface area (Å²) in [5, 5.41) is 10.6.